The second-order valence-electron chi connectivity index (χ2n) is 9.31. The third-order valence-corrected chi connectivity index (χ3v) is 4.36. The molecule has 0 saturated carbocycles. The number of fused-ring (bicyclic) bond motifs is 2. The predicted octanol–water partition coefficient (Wildman–Crippen LogP) is 6.90. The molecule has 0 aliphatic heterocycles. The monoisotopic (exact) mass is 334 g/mol. The van der Waals surface area contributed by atoms with Crippen molar-refractivity contribution in [2.24, 2.45) is 5.41 Å². The Morgan fingerprint density at radius 2 is 1.40 bits per heavy atom. The zero-order valence-corrected chi connectivity index (χ0v) is 16.4. The van der Waals surface area contributed by atoms with Crippen LogP contribution in [0, 0.1) is 5.41 Å². The summed E-state index contributed by atoms with van der Waals surface area (Å²) in [5.41, 5.74) is 2.81. The number of hydrogen-bond acceptors (Lipinski definition) is 1. The molecular weight excluding hydrogens is 304 g/mol. The van der Waals surface area contributed by atoms with Crippen LogP contribution in [0.3, 0.4) is 0 Å². The lowest BCUT2D eigenvalue weighted by Gasteiger charge is -2.23. The Kier molecular flexibility index (Phi) is 4.64. The van der Waals surface area contributed by atoms with E-state index in [9.17, 15) is 0 Å². The van der Waals surface area contributed by atoms with Gasteiger partial charge in [-0.2, -0.15) is 0 Å². The highest BCUT2D eigenvalue weighted by Gasteiger charge is 2.16. The van der Waals surface area contributed by atoms with Gasteiger partial charge in [0.2, 0.25) is 0 Å². The highest BCUT2D eigenvalue weighted by Crippen LogP contribution is 2.31. The standard InChI is InChI=1S/C24H30O/c1-23(2,3)15-21-12-17(16-25-24(4,5)6)11-20-13-18-9-7-8-10-19(18)14-22(20)21/h7-14H,15-16H2,1-6H3. The second kappa shape index (κ2) is 6.46. The van der Waals surface area contributed by atoms with Crippen molar-refractivity contribution < 1.29 is 4.74 Å². The fourth-order valence-electron chi connectivity index (χ4n) is 3.30. The van der Waals surface area contributed by atoms with E-state index in [0.717, 1.165) is 6.42 Å². The summed E-state index contributed by atoms with van der Waals surface area (Å²) in [7, 11) is 0. The molecule has 0 heterocycles. The van der Waals surface area contributed by atoms with Gasteiger partial charge < -0.3 is 4.74 Å². The van der Waals surface area contributed by atoms with Crippen molar-refractivity contribution in [3.8, 4) is 0 Å². The molecule has 1 heteroatoms. The van der Waals surface area contributed by atoms with Gasteiger partial charge in [-0.05, 0) is 83.5 Å². The predicted molar refractivity (Wildman–Crippen MR) is 109 cm³/mol. The molecule has 0 saturated heterocycles. The smallest absolute Gasteiger partial charge is 0.0724 e. The maximum Gasteiger partial charge on any atom is 0.0724 e. The van der Waals surface area contributed by atoms with Gasteiger partial charge in [-0.15, -0.1) is 0 Å². The zero-order valence-electron chi connectivity index (χ0n) is 16.4. The van der Waals surface area contributed by atoms with E-state index in [0.29, 0.717) is 6.61 Å². The van der Waals surface area contributed by atoms with Crippen LogP contribution < -0.4 is 0 Å². The number of rotatable bonds is 3. The Morgan fingerprint density at radius 1 is 0.760 bits per heavy atom. The minimum atomic E-state index is -0.122. The van der Waals surface area contributed by atoms with Crippen LogP contribution in [-0.2, 0) is 17.8 Å². The topological polar surface area (TPSA) is 9.23 Å². The largest absolute Gasteiger partial charge is 0.371 e. The summed E-state index contributed by atoms with van der Waals surface area (Å²) in [6, 6.07) is 17.9. The summed E-state index contributed by atoms with van der Waals surface area (Å²) in [6.45, 7) is 13.9. The van der Waals surface area contributed by atoms with Crippen LogP contribution in [0.4, 0.5) is 0 Å². The maximum atomic E-state index is 6.04. The second-order valence-corrected chi connectivity index (χ2v) is 9.31. The molecule has 0 fully saturated rings. The third kappa shape index (κ3) is 4.61. The van der Waals surface area contributed by atoms with Crippen LogP contribution in [0.15, 0.2) is 48.5 Å². The van der Waals surface area contributed by atoms with E-state index < -0.39 is 0 Å². The fourth-order valence-corrected chi connectivity index (χ4v) is 3.30. The number of hydrogen-bond donors (Lipinski definition) is 0. The van der Waals surface area contributed by atoms with E-state index in [1.807, 2.05) is 0 Å². The summed E-state index contributed by atoms with van der Waals surface area (Å²) >= 11 is 0. The Morgan fingerprint density at radius 3 is 2.00 bits per heavy atom. The van der Waals surface area contributed by atoms with Crippen LogP contribution >= 0.6 is 0 Å². The third-order valence-electron chi connectivity index (χ3n) is 4.36. The molecule has 3 rings (SSSR count). The zero-order chi connectivity index (χ0) is 18.2. The van der Waals surface area contributed by atoms with Gasteiger partial charge in [-0.3, -0.25) is 0 Å². The van der Waals surface area contributed by atoms with E-state index in [1.54, 1.807) is 0 Å². The molecule has 0 radical (unpaired) electrons. The van der Waals surface area contributed by atoms with Crippen molar-refractivity contribution >= 4 is 21.5 Å². The molecule has 3 aromatic carbocycles. The molecule has 0 aliphatic rings. The van der Waals surface area contributed by atoms with Gasteiger partial charge in [0.15, 0.2) is 0 Å². The maximum absolute atomic E-state index is 6.04. The van der Waals surface area contributed by atoms with Gasteiger partial charge in [0.1, 0.15) is 0 Å². The van der Waals surface area contributed by atoms with Crippen molar-refractivity contribution in [3.05, 3.63) is 59.7 Å². The van der Waals surface area contributed by atoms with E-state index in [2.05, 4.69) is 90.1 Å². The van der Waals surface area contributed by atoms with Gasteiger partial charge in [0, 0.05) is 0 Å². The van der Waals surface area contributed by atoms with Crippen molar-refractivity contribution in [2.45, 2.75) is 60.2 Å². The lowest BCUT2D eigenvalue weighted by molar-refractivity contribution is -0.0149. The molecule has 0 atom stereocenters. The SMILES string of the molecule is CC(C)(C)Cc1cc(COC(C)(C)C)cc2cc3ccccc3cc12. The average molecular weight is 335 g/mol. The van der Waals surface area contributed by atoms with Crippen LogP contribution in [0.25, 0.3) is 21.5 Å². The van der Waals surface area contributed by atoms with E-state index in [-0.39, 0.29) is 11.0 Å². The molecule has 0 bridgehead atoms. The van der Waals surface area contributed by atoms with Crippen molar-refractivity contribution in [1.29, 1.82) is 0 Å². The fraction of sp³-hybridized carbons (Fsp3) is 0.417. The molecule has 0 N–H and O–H groups in total. The Hall–Kier alpha value is -1.86. The minimum absolute atomic E-state index is 0.122. The summed E-state index contributed by atoms with van der Waals surface area (Å²) < 4.78 is 6.04. The summed E-state index contributed by atoms with van der Waals surface area (Å²) in [4.78, 5) is 0. The molecule has 132 valence electrons. The van der Waals surface area contributed by atoms with Crippen molar-refractivity contribution in [3.63, 3.8) is 0 Å². The average Bonchev–Trinajstić information content (AvgIpc) is 2.49. The number of ether oxygens (including phenoxy) is 1. The first-order valence-electron chi connectivity index (χ1n) is 9.19. The van der Waals surface area contributed by atoms with E-state index in [4.69, 9.17) is 4.74 Å². The van der Waals surface area contributed by atoms with Crippen molar-refractivity contribution in [2.75, 3.05) is 0 Å². The van der Waals surface area contributed by atoms with Gasteiger partial charge in [0.25, 0.3) is 0 Å². The summed E-state index contributed by atoms with van der Waals surface area (Å²) in [5, 5.41) is 5.29. The van der Waals surface area contributed by atoms with Gasteiger partial charge in [-0.1, -0.05) is 51.1 Å². The lowest BCUT2D eigenvalue weighted by atomic mass is 9.85. The van der Waals surface area contributed by atoms with Crippen LogP contribution in [0.5, 0.6) is 0 Å². The molecular formula is C24H30O. The van der Waals surface area contributed by atoms with Crippen molar-refractivity contribution in [1.82, 2.24) is 0 Å². The Labute approximate surface area is 152 Å². The quantitative estimate of drug-likeness (QED) is 0.473. The summed E-state index contributed by atoms with van der Waals surface area (Å²) in [6.07, 6.45) is 1.06. The molecule has 1 nitrogen and oxygen atoms in total. The van der Waals surface area contributed by atoms with Gasteiger partial charge in [0.05, 0.1) is 12.2 Å². The lowest BCUT2D eigenvalue weighted by Crippen LogP contribution is -2.18. The Bertz CT molecular complexity index is 891. The molecule has 0 aromatic heterocycles. The minimum Gasteiger partial charge on any atom is -0.371 e. The first-order valence-corrected chi connectivity index (χ1v) is 9.19. The van der Waals surface area contributed by atoms with Crippen LogP contribution in [0.2, 0.25) is 0 Å². The Balaban J connectivity index is 2.14. The molecule has 0 spiro atoms. The first-order chi connectivity index (χ1) is 11.6. The highest BCUT2D eigenvalue weighted by molar-refractivity contribution is 5.99. The van der Waals surface area contributed by atoms with Crippen LogP contribution in [0.1, 0.15) is 52.7 Å². The summed E-state index contributed by atoms with van der Waals surface area (Å²) in [5.74, 6) is 0. The molecule has 0 amide bonds. The van der Waals surface area contributed by atoms with E-state index >= 15 is 0 Å². The van der Waals surface area contributed by atoms with Crippen LogP contribution in [-0.4, -0.2) is 5.60 Å². The van der Waals surface area contributed by atoms with Gasteiger partial charge >= 0.3 is 0 Å². The van der Waals surface area contributed by atoms with E-state index in [1.165, 1.54) is 32.7 Å². The first kappa shape index (κ1) is 17.9. The van der Waals surface area contributed by atoms with Gasteiger partial charge in [-0.25, -0.2) is 0 Å². The molecule has 0 aliphatic carbocycles. The normalized spacial score (nSPS) is 12.9. The molecule has 0 unspecified atom stereocenters. The highest BCUT2D eigenvalue weighted by atomic mass is 16.5. The number of benzene rings is 3. The molecule has 3 aromatic rings. The molecule has 25 heavy (non-hydrogen) atoms.